The Hall–Kier alpha value is -3.53. The molecule has 1 aromatic carbocycles. The van der Waals surface area contributed by atoms with Gasteiger partial charge in [0.1, 0.15) is 23.6 Å². The van der Waals surface area contributed by atoms with Gasteiger partial charge in [0, 0.05) is 37.6 Å². The summed E-state index contributed by atoms with van der Waals surface area (Å²) in [6.07, 6.45) is 5.51. The van der Waals surface area contributed by atoms with Gasteiger partial charge in [-0.25, -0.2) is 4.52 Å². The SMILES string of the molecule is Cn1ccn2ncc(C(=O)N3CCCNC(=O)c4cc(Cl)ccc4OCCNC(=O)C3)c12. The molecule has 0 spiro atoms. The van der Waals surface area contributed by atoms with Crippen LogP contribution >= 0.6 is 11.6 Å². The maximum absolute atomic E-state index is 13.2. The summed E-state index contributed by atoms with van der Waals surface area (Å²) in [5.74, 6) is -0.523. The van der Waals surface area contributed by atoms with Crippen molar-refractivity contribution in [2.24, 2.45) is 7.05 Å². The topological polar surface area (TPSA) is 110 Å². The van der Waals surface area contributed by atoms with Gasteiger partial charge in [-0.1, -0.05) is 11.6 Å². The summed E-state index contributed by atoms with van der Waals surface area (Å²) in [6, 6.07) is 4.80. The predicted molar refractivity (Wildman–Crippen MR) is 117 cm³/mol. The maximum atomic E-state index is 13.2. The zero-order valence-electron chi connectivity index (χ0n) is 17.5. The number of hydrogen-bond donors (Lipinski definition) is 2. The smallest absolute Gasteiger partial charge is 0.259 e. The first-order valence-electron chi connectivity index (χ1n) is 10.2. The van der Waals surface area contributed by atoms with E-state index in [1.807, 2.05) is 7.05 Å². The fourth-order valence-electron chi connectivity index (χ4n) is 3.58. The molecule has 0 unspecified atom stereocenters. The van der Waals surface area contributed by atoms with Crippen molar-refractivity contribution in [3.8, 4) is 5.75 Å². The molecule has 11 heteroatoms. The first kappa shape index (κ1) is 21.7. The van der Waals surface area contributed by atoms with Crippen molar-refractivity contribution in [2.75, 3.05) is 32.8 Å². The number of nitrogens with one attached hydrogen (secondary N) is 2. The molecular formula is C21H23ClN6O4. The number of carbonyl (C=O) groups is 3. The van der Waals surface area contributed by atoms with Crippen LogP contribution in [0.15, 0.2) is 36.8 Å². The summed E-state index contributed by atoms with van der Waals surface area (Å²) in [5, 5.41) is 10.2. The second kappa shape index (κ2) is 9.31. The molecule has 0 fully saturated rings. The van der Waals surface area contributed by atoms with Gasteiger partial charge in [-0.05, 0) is 24.6 Å². The van der Waals surface area contributed by atoms with Crippen LogP contribution in [0, 0.1) is 0 Å². The average molecular weight is 459 g/mol. The number of aromatic nitrogens is 3. The van der Waals surface area contributed by atoms with Gasteiger partial charge in [-0.3, -0.25) is 14.4 Å². The number of imidazole rings is 1. The fraction of sp³-hybridized carbons (Fsp3) is 0.333. The molecule has 1 aliphatic heterocycles. The summed E-state index contributed by atoms with van der Waals surface area (Å²) >= 11 is 6.04. The molecule has 0 aliphatic carbocycles. The molecule has 2 N–H and O–H groups in total. The molecule has 2 aromatic heterocycles. The molecule has 0 bridgehead atoms. The van der Waals surface area contributed by atoms with Gasteiger partial charge < -0.3 is 24.8 Å². The standard InChI is InChI=1S/C21H23ClN6O4/c1-26-8-9-28-20(26)16(12-25-28)21(31)27-7-2-5-24-19(30)15-11-14(22)3-4-17(15)32-10-6-23-18(29)13-27/h3-4,8-9,11-12H,2,5-7,10,13H2,1H3,(H,23,29)(H,24,30). The lowest BCUT2D eigenvalue weighted by atomic mass is 10.2. The lowest BCUT2D eigenvalue weighted by molar-refractivity contribution is -0.121. The number of benzene rings is 1. The number of nitrogens with zero attached hydrogens (tertiary/aromatic N) is 4. The number of amides is 3. The van der Waals surface area contributed by atoms with Gasteiger partial charge in [0.25, 0.3) is 11.8 Å². The van der Waals surface area contributed by atoms with Gasteiger partial charge in [0.05, 0.1) is 24.8 Å². The van der Waals surface area contributed by atoms with Gasteiger partial charge in [-0.2, -0.15) is 5.10 Å². The first-order chi connectivity index (χ1) is 15.4. The third-order valence-electron chi connectivity index (χ3n) is 5.15. The van der Waals surface area contributed by atoms with E-state index in [2.05, 4.69) is 15.7 Å². The summed E-state index contributed by atoms with van der Waals surface area (Å²) in [5.41, 5.74) is 1.37. The van der Waals surface area contributed by atoms with Crippen molar-refractivity contribution >= 4 is 35.0 Å². The molecule has 10 nitrogen and oxygen atoms in total. The summed E-state index contributed by atoms with van der Waals surface area (Å²) in [7, 11) is 1.82. The molecule has 168 valence electrons. The average Bonchev–Trinajstić information content (AvgIpc) is 3.36. The van der Waals surface area contributed by atoms with Gasteiger partial charge >= 0.3 is 0 Å². The summed E-state index contributed by atoms with van der Waals surface area (Å²) < 4.78 is 9.07. The van der Waals surface area contributed by atoms with Crippen LogP contribution < -0.4 is 15.4 Å². The van der Waals surface area contributed by atoms with Crippen molar-refractivity contribution < 1.29 is 19.1 Å². The quantitative estimate of drug-likeness (QED) is 0.567. The second-order valence-corrected chi connectivity index (χ2v) is 7.85. The minimum atomic E-state index is -0.316. The van der Waals surface area contributed by atoms with Gasteiger partial charge in [0.2, 0.25) is 5.91 Å². The van der Waals surface area contributed by atoms with E-state index in [1.54, 1.807) is 33.6 Å². The molecule has 0 radical (unpaired) electrons. The minimum absolute atomic E-state index is 0.110. The van der Waals surface area contributed by atoms with Crippen molar-refractivity contribution in [1.82, 2.24) is 29.7 Å². The highest BCUT2D eigenvalue weighted by atomic mass is 35.5. The number of fused-ring (bicyclic) bond motifs is 2. The Kier molecular flexibility index (Phi) is 6.31. The van der Waals surface area contributed by atoms with Crippen molar-refractivity contribution in [3.05, 3.63) is 52.9 Å². The fourth-order valence-corrected chi connectivity index (χ4v) is 3.75. The summed E-state index contributed by atoms with van der Waals surface area (Å²) in [6.45, 7) is 0.868. The molecule has 0 saturated heterocycles. The highest BCUT2D eigenvalue weighted by Gasteiger charge is 2.24. The Bertz CT molecular complexity index is 1170. The van der Waals surface area contributed by atoms with Crippen LogP contribution in [-0.2, 0) is 11.8 Å². The number of ether oxygens (including phenoxy) is 1. The molecule has 3 heterocycles. The first-order valence-corrected chi connectivity index (χ1v) is 10.6. The van der Waals surface area contributed by atoms with E-state index in [9.17, 15) is 14.4 Å². The van der Waals surface area contributed by atoms with Crippen LogP contribution in [0.3, 0.4) is 0 Å². The van der Waals surface area contributed by atoms with Gasteiger partial charge in [0.15, 0.2) is 0 Å². The highest BCUT2D eigenvalue weighted by Crippen LogP contribution is 2.23. The predicted octanol–water partition coefficient (Wildman–Crippen LogP) is 1.10. The summed E-state index contributed by atoms with van der Waals surface area (Å²) in [4.78, 5) is 39.8. The molecule has 0 saturated carbocycles. The highest BCUT2D eigenvalue weighted by molar-refractivity contribution is 6.31. The Labute approximate surface area is 189 Å². The molecule has 32 heavy (non-hydrogen) atoms. The maximum Gasteiger partial charge on any atom is 0.259 e. The van der Waals surface area contributed by atoms with E-state index in [-0.39, 0.29) is 44.0 Å². The Morgan fingerprint density at radius 1 is 1.19 bits per heavy atom. The van der Waals surface area contributed by atoms with E-state index in [4.69, 9.17) is 16.3 Å². The second-order valence-electron chi connectivity index (χ2n) is 7.41. The lowest BCUT2D eigenvalue weighted by Gasteiger charge is -2.22. The number of rotatable bonds is 1. The van der Waals surface area contributed by atoms with E-state index in [1.165, 1.54) is 17.2 Å². The molecule has 4 rings (SSSR count). The third kappa shape index (κ3) is 4.54. The van der Waals surface area contributed by atoms with Crippen molar-refractivity contribution in [3.63, 3.8) is 0 Å². The number of carbonyl (C=O) groups excluding carboxylic acids is 3. The zero-order chi connectivity index (χ0) is 22.7. The molecule has 0 atom stereocenters. The molecular weight excluding hydrogens is 436 g/mol. The van der Waals surface area contributed by atoms with Crippen molar-refractivity contribution in [1.29, 1.82) is 0 Å². The number of halogens is 1. The molecule has 3 amide bonds. The Morgan fingerprint density at radius 3 is 2.88 bits per heavy atom. The number of aryl methyl sites for hydroxylation is 1. The van der Waals surface area contributed by atoms with Crippen LogP contribution in [0.4, 0.5) is 0 Å². The third-order valence-corrected chi connectivity index (χ3v) is 5.38. The van der Waals surface area contributed by atoms with E-state index < -0.39 is 0 Å². The van der Waals surface area contributed by atoms with Crippen molar-refractivity contribution in [2.45, 2.75) is 6.42 Å². The largest absolute Gasteiger partial charge is 0.491 e. The van der Waals surface area contributed by atoms with E-state index in [0.717, 1.165) is 0 Å². The zero-order valence-corrected chi connectivity index (χ0v) is 18.3. The van der Waals surface area contributed by atoms with Gasteiger partial charge in [-0.15, -0.1) is 0 Å². The Morgan fingerprint density at radius 2 is 2.03 bits per heavy atom. The monoisotopic (exact) mass is 458 g/mol. The van der Waals surface area contributed by atoms with Crippen LogP contribution in [0.2, 0.25) is 5.02 Å². The van der Waals surface area contributed by atoms with Crippen LogP contribution in [-0.4, -0.2) is 69.6 Å². The molecule has 3 aromatic rings. The van der Waals surface area contributed by atoms with Crippen LogP contribution in [0.5, 0.6) is 5.75 Å². The minimum Gasteiger partial charge on any atom is -0.491 e. The van der Waals surface area contributed by atoms with E-state index in [0.29, 0.717) is 40.5 Å². The van der Waals surface area contributed by atoms with E-state index >= 15 is 0 Å². The Balaban J connectivity index is 1.52. The number of hydrogen-bond acceptors (Lipinski definition) is 5. The lowest BCUT2D eigenvalue weighted by Crippen LogP contribution is -2.43. The van der Waals surface area contributed by atoms with Crippen LogP contribution in [0.1, 0.15) is 27.1 Å². The normalized spacial score (nSPS) is 16.0. The molecule has 1 aliphatic rings. The van der Waals surface area contributed by atoms with Crippen LogP contribution in [0.25, 0.3) is 5.65 Å².